The van der Waals surface area contributed by atoms with Crippen molar-refractivity contribution in [3.63, 3.8) is 0 Å². The van der Waals surface area contributed by atoms with E-state index < -0.39 is 23.9 Å². The van der Waals surface area contributed by atoms with Crippen molar-refractivity contribution in [1.29, 1.82) is 0 Å². The molecule has 28 heavy (non-hydrogen) atoms. The van der Waals surface area contributed by atoms with Gasteiger partial charge in [-0.05, 0) is 43.5 Å². The van der Waals surface area contributed by atoms with Crippen molar-refractivity contribution in [2.24, 2.45) is 0 Å². The van der Waals surface area contributed by atoms with Gasteiger partial charge in [-0.3, -0.25) is 19.7 Å². The monoisotopic (exact) mass is 567 g/mol. The maximum atomic E-state index is 12.2. The fourth-order valence-corrected chi connectivity index (χ4v) is 3.18. The summed E-state index contributed by atoms with van der Waals surface area (Å²) in [5.41, 5.74) is 1.66. The highest BCUT2D eigenvalue weighted by Gasteiger charge is 2.17. The van der Waals surface area contributed by atoms with E-state index in [4.69, 9.17) is 0 Å². The number of carbonyl (C=O) groups is 4. The van der Waals surface area contributed by atoms with E-state index in [1.165, 1.54) is 14.0 Å². The maximum Gasteiger partial charge on any atom is 0.322 e. The van der Waals surface area contributed by atoms with Gasteiger partial charge in [0.25, 0.3) is 0 Å². The number of hydrogen-bond acceptors (Lipinski definition) is 5. The van der Waals surface area contributed by atoms with Crippen molar-refractivity contribution in [2.75, 3.05) is 12.4 Å². The third-order valence-electron chi connectivity index (χ3n) is 3.64. The summed E-state index contributed by atoms with van der Waals surface area (Å²) >= 11 is 5.61. The smallest absolute Gasteiger partial charge is 0.322 e. The average molecular weight is 568 g/mol. The minimum absolute atomic E-state index is 0.0993. The van der Waals surface area contributed by atoms with E-state index in [0.29, 0.717) is 18.5 Å². The highest BCUT2D eigenvalue weighted by molar-refractivity contribution is 14.1. The van der Waals surface area contributed by atoms with Crippen molar-refractivity contribution in [3.05, 3.63) is 28.2 Å². The average Bonchev–Trinajstić information content (AvgIpc) is 2.64. The molecule has 0 unspecified atom stereocenters. The number of nitrogens with one attached hydrogen (secondary N) is 3. The number of rotatable bonds is 9. The predicted molar refractivity (Wildman–Crippen MR) is 117 cm³/mol. The van der Waals surface area contributed by atoms with Gasteiger partial charge in [-0.15, -0.1) is 0 Å². The van der Waals surface area contributed by atoms with Gasteiger partial charge in [0, 0.05) is 27.4 Å². The Morgan fingerprint density at radius 2 is 1.82 bits per heavy atom. The summed E-state index contributed by atoms with van der Waals surface area (Å²) in [5, 5.41) is 7.32. The van der Waals surface area contributed by atoms with E-state index in [1.807, 2.05) is 12.1 Å². The van der Waals surface area contributed by atoms with Crippen LogP contribution in [0, 0.1) is 0 Å². The maximum absolute atomic E-state index is 12.2. The molecular formula is C18H23BrIN3O5. The minimum Gasteiger partial charge on any atom is -0.469 e. The van der Waals surface area contributed by atoms with Crippen LogP contribution in [0.5, 0.6) is 0 Å². The van der Waals surface area contributed by atoms with Crippen LogP contribution < -0.4 is 16.0 Å². The van der Waals surface area contributed by atoms with E-state index in [0.717, 1.165) is 14.5 Å². The summed E-state index contributed by atoms with van der Waals surface area (Å²) in [4.78, 5) is 46.8. The quantitative estimate of drug-likeness (QED) is 0.183. The molecule has 0 saturated carbocycles. The molecule has 1 rings (SSSR count). The van der Waals surface area contributed by atoms with E-state index in [-0.39, 0.29) is 18.8 Å². The second-order valence-electron chi connectivity index (χ2n) is 6.00. The number of urea groups is 1. The van der Waals surface area contributed by atoms with Crippen LogP contribution in [0.1, 0.15) is 38.2 Å². The molecule has 4 amide bonds. The molecule has 10 heteroatoms. The van der Waals surface area contributed by atoms with E-state index in [1.54, 1.807) is 6.07 Å². The molecule has 0 aliphatic carbocycles. The second kappa shape index (κ2) is 12.7. The Bertz CT molecular complexity index is 729. The first-order chi connectivity index (χ1) is 13.2. The van der Waals surface area contributed by atoms with Crippen LogP contribution in [0.15, 0.2) is 22.7 Å². The van der Waals surface area contributed by atoms with Gasteiger partial charge in [0.15, 0.2) is 0 Å². The number of esters is 1. The molecule has 1 aromatic carbocycles. The highest BCUT2D eigenvalue weighted by atomic mass is 127. The topological polar surface area (TPSA) is 114 Å². The van der Waals surface area contributed by atoms with Gasteiger partial charge in [-0.1, -0.05) is 38.5 Å². The summed E-state index contributed by atoms with van der Waals surface area (Å²) < 4.78 is 6.14. The number of halogens is 2. The number of ether oxygens (including phenoxy) is 1. The number of alkyl halides is 1. The summed E-state index contributed by atoms with van der Waals surface area (Å²) in [7, 11) is 1.30. The number of amides is 4. The van der Waals surface area contributed by atoms with Crippen molar-refractivity contribution in [3.8, 4) is 0 Å². The zero-order valence-electron chi connectivity index (χ0n) is 15.6. The number of benzene rings is 1. The zero-order valence-corrected chi connectivity index (χ0v) is 19.4. The van der Waals surface area contributed by atoms with Gasteiger partial charge in [0.2, 0.25) is 11.8 Å². The molecule has 0 spiro atoms. The Morgan fingerprint density at radius 1 is 1.14 bits per heavy atom. The summed E-state index contributed by atoms with van der Waals surface area (Å²) in [6.07, 6.45) is 1.27. The molecule has 0 radical (unpaired) electrons. The normalized spacial score (nSPS) is 11.3. The minimum atomic E-state index is -0.839. The van der Waals surface area contributed by atoms with Gasteiger partial charge in [0.1, 0.15) is 6.04 Å². The fraction of sp³-hybridized carbons (Fsp3) is 0.444. The molecule has 0 saturated heterocycles. The fourth-order valence-electron chi connectivity index (χ4n) is 2.19. The molecule has 3 N–H and O–H groups in total. The standard InChI is InChI=1S/C18H23BrIN3O5/c1-11(17(26)22-14-8-12(10-20)7-13(19)9-14)21-18(27)23-15(24)5-3-4-6-16(25)28-2/h7-9,11H,3-6,10H2,1-2H3,(H,22,26)(H2,21,23,24,27)/t11-/m0/s1. The molecule has 154 valence electrons. The van der Waals surface area contributed by atoms with Crippen LogP contribution >= 0.6 is 38.5 Å². The van der Waals surface area contributed by atoms with Crippen LogP contribution in [0.4, 0.5) is 10.5 Å². The summed E-state index contributed by atoms with van der Waals surface area (Å²) in [6.45, 7) is 1.52. The van der Waals surface area contributed by atoms with E-state index in [9.17, 15) is 19.2 Å². The first-order valence-corrected chi connectivity index (χ1v) is 10.9. The van der Waals surface area contributed by atoms with Crippen LogP contribution in [0.3, 0.4) is 0 Å². The Kier molecular flexibility index (Phi) is 11.0. The Morgan fingerprint density at radius 3 is 2.46 bits per heavy atom. The molecule has 0 heterocycles. The molecule has 1 atom stereocenters. The third-order valence-corrected chi connectivity index (χ3v) is 4.97. The van der Waals surface area contributed by atoms with Gasteiger partial charge in [-0.25, -0.2) is 4.79 Å². The highest BCUT2D eigenvalue weighted by Crippen LogP contribution is 2.21. The lowest BCUT2D eigenvalue weighted by Crippen LogP contribution is -2.48. The van der Waals surface area contributed by atoms with Crippen molar-refractivity contribution >= 4 is 68.0 Å². The lowest BCUT2D eigenvalue weighted by molar-refractivity contribution is -0.140. The first kappa shape index (κ1) is 24.3. The number of carbonyl (C=O) groups excluding carboxylic acids is 4. The second-order valence-corrected chi connectivity index (χ2v) is 7.68. The number of imide groups is 1. The molecule has 0 aliphatic heterocycles. The van der Waals surface area contributed by atoms with Crippen LogP contribution in [0.2, 0.25) is 0 Å². The number of methoxy groups -OCH3 is 1. The van der Waals surface area contributed by atoms with Gasteiger partial charge < -0.3 is 15.4 Å². The lowest BCUT2D eigenvalue weighted by atomic mass is 10.2. The SMILES string of the molecule is COC(=O)CCCCC(=O)NC(=O)N[C@@H](C)C(=O)Nc1cc(Br)cc(CI)c1. The summed E-state index contributed by atoms with van der Waals surface area (Å²) in [5.74, 6) is -1.22. The largest absolute Gasteiger partial charge is 0.469 e. The predicted octanol–water partition coefficient (Wildman–Crippen LogP) is 3.27. The van der Waals surface area contributed by atoms with Gasteiger partial charge in [-0.2, -0.15) is 0 Å². The number of unbranched alkanes of at least 4 members (excludes halogenated alkanes) is 1. The van der Waals surface area contributed by atoms with Crippen molar-refractivity contribution in [2.45, 2.75) is 43.1 Å². The molecule has 1 aromatic rings. The van der Waals surface area contributed by atoms with E-state index in [2.05, 4.69) is 59.2 Å². The van der Waals surface area contributed by atoms with Gasteiger partial charge in [0.05, 0.1) is 7.11 Å². The Labute approximate surface area is 185 Å². The molecular weight excluding hydrogens is 545 g/mol. The van der Waals surface area contributed by atoms with Crippen molar-refractivity contribution < 1.29 is 23.9 Å². The van der Waals surface area contributed by atoms with Crippen molar-refractivity contribution in [1.82, 2.24) is 10.6 Å². The van der Waals surface area contributed by atoms with Crippen LogP contribution in [-0.4, -0.2) is 37.0 Å². The molecule has 0 aromatic heterocycles. The third kappa shape index (κ3) is 9.49. The Hall–Kier alpha value is -1.69. The number of hydrogen-bond donors (Lipinski definition) is 3. The van der Waals surface area contributed by atoms with Crippen LogP contribution in [-0.2, 0) is 23.5 Å². The van der Waals surface area contributed by atoms with Gasteiger partial charge >= 0.3 is 12.0 Å². The molecule has 0 bridgehead atoms. The molecule has 8 nitrogen and oxygen atoms in total. The Balaban J connectivity index is 2.40. The molecule has 0 fully saturated rings. The number of anilines is 1. The van der Waals surface area contributed by atoms with Crippen LogP contribution in [0.25, 0.3) is 0 Å². The zero-order chi connectivity index (χ0) is 21.1. The lowest BCUT2D eigenvalue weighted by Gasteiger charge is -2.15. The first-order valence-electron chi connectivity index (χ1n) is 8.58. The molecule has 0 aliphatic rings. The summed E-state index contributed by atoms with van der Waals surface area (Å²) in [6, 6.07) is 3.98. The van der Waals surface area contributed by atoms with E-state index >= 15 is 0 Å².